The molecule has 1 amide bonds. The molecule has 0 aliphatic carbocycles. The van der Waals surface area contributed by atoms with Crippen LogP contribution in [0.1, 0.15) is 50.0 Å². The number of rotatable bonds is 10. The number of carbonyl (C=O) groups is 1. The van der Waals surface area contributed by atoms with Gasteiger partial charge in [-0.05, 0) is 80.5 Å². The van der Waals surface area contributed by atoms with Gasteiger partial charge in [0.15, 0.2) is 11.5 Å². The molecule has 2 heterocycles. The number of hydrogen-bond acceptors (Lipinski definition) is 6. The first-order valence-electron chi connectivity index (χ1n) is 12.2. The van der Waals surface area contributed by atoms with Gasteiger partial charge in [0, 0.05) is 36.0 Å². The van der Waals surface area contributed by atoms with Crippen molar-refractivity contribution in [1.82, 2.24) is 15.0 Å². The van der Waals surface area contributed by atoms with Gasteiger partial charge in [-0.15, -0.1) is 0 Å². The molecule has 2 aromatic carbocycles. The first kappa shape index (κ1) is 25.0. The summed E-state index contributed by atoms with van der Waals surface area (Å²) in [6.07, 6.45) is 6.84. The standard InChI is InChI=1S/C27H32ClN3O4/c1-33-23-16-10-19(18-24(23)34-2)9-15-22-6-3-4-17-31(22)26(32)8-5-7-25-29-27(30-35-25)20-11-13-21(28)14-12-20/h10-14,16,18,22H,3-9,15,17H2,1-2H3. The number of halogens is 1. The summed E-state index contributed by atoms with van der Waals surface area (Å²) >= 11 is 5.94. The average Bonchev–Trinajstić information content (AvgIpc) is 3.36. The van der Waals surface area contributed by atoms with Gasteiger partial charge in [0.05, 0.1) is 14.2 Å². The minimum atomic E-state index is 0.208. The Morgan fingerprint density at radius 3 is 2.66 bits per heavy atom. The number of ether oxygens (including phenoxy) is 2. The Bertz CT molecular complexity index is 1120. The van der Waals surface area contributed by atoms with E-state index in [-0.39, 0.29) is 11.9 Å². The van der Waals surface area contributed by atoms with E-state index in [1.165, 1.54) is 5.56 Å². The van der Waals surface area contributed by atoms with Crippen molar-refractivity contribution in [2.75, 3.05) is 20.8 Å². The second-order valence-corrected chi connectivity index (χ2v) is 9.27. The molecule has 186 valence electrons. The van der Waals surface area contributed by atoms with E-state index < -0.39 is 0 Å². The lowest BCUT2D eigenvalue weighted by molar-refractivity contribution is -0.135. The van der Waals surface area contributed by atoms with Gasteiger partial charge in [-0.1, -0.05) is 22.8 Å². The van der Waals surface area contributed by atoms with Crippen LogP contribution < -0.4 is 9.47 Å². The van der Waals surface area contributed by atoms with Crippen molar-refractivity contribution in [3.8, 4) is 22.9 Å². The van der Waals surface area contributed by atoms with Crippen molar-refractivity contribution in [2.24, 2.45) is 0 Å². The average molecular weight is 498 g/mol. The third-order valence-electron chi connectivity index (χ3n) is 6.51. The van der Waals surface area contributed by atoms with Crippen LogP contribution in [0, 0.1) is 0 Å². The number of nitrogens with zero attached hydrogens (tertiary/aromatic N) is 3. The molecular weight excluding hydrogens is 466 g/mol. The topological polar surface area (TPSA) is 77.7 Å². The predicted octanol–water partition coefficient (Wildman–Crippen LogP) is 5.74. The number of piperidine rings is 1. The van der Waals surface area contributed by atoms with Gasteiger partial charge in [0.1, 0.15) is 0 Å². The minimum Gasteiger partial charge on any atom is -0.493 e. The highest BCUT2D eigenvalue weighted by atomic mass is 35.5. The maximum absolute atomic E-state index is 13.1. The number of aryl methyl sites for hydroxylation is 2. The van der Waals surface area contributed by atoms with Crippen molar-refractivity contribution < 1.29 is 18.8 Å². The quantitative estimate of drug-likeness (QED) is 0.355. The maximum Gasteiger partial charge on any atom is 0.226 e. The van der Waals surface area contributed by atoms with E-state index >= 15 is 0 Å². The molecular formula is C27H32ClN3O4. The zero-order chi connectivity index (χ0) is 24.6. The Hall–Kier alpha value is -3.06. The fourth-order valence-corrected chi connectivity index (χ4v) is 4.73. The van der Waals surface area contributed by atoms with Crippen LogP contribution in [0.25, 0.3) is 11.4 Å². The molecule has 1 aliphatic heterocycles. The van der Waals surface area contributed by atoms with Crippen LogP contribution in [0.4, 0.5) is 0 Å². The van der Waals surface area contributed by atoms with Gasteiger partial charge in [-0.2, -0.15) is 4.98 Å². The number of likely N-dealkylation sites (tertiary alicyclic amines) is 1. The molecule has 1 fully saturated rings. The van der Waals surface area contributed by atoms with Gasteiger partial charge in [0.2, 0.25) is 17.6 Å². The molecule has 4 rings (SSSR count). The van der Waals surface area contributed by atoms with Crippen LogP contribution in [-0.2, 0) is 17.6 Å². The highest BCUT2D eigenvalue weighted by molar-refractivity contribution is 6.30. The molecule has 0 bridgehead atoms. The fraction of sp³-hybridized carbons (Fsp3) is 0.444. The summed E-state index contributed by atoms with van der Waals surface area (Å²) in [5.74, 6) is 2.76. The highest BCUT2D eigenvalue weighted by Crippen LogP contribution is 2.29. The highest BCUT2D eigenvalue weighted by Gasteiger charge is 2.26. The molecule has 1 saturated heterocycles. The summed E-state index contributed by atoms with van der Waals surface area (Å²) in [5.41, 5.74) is 2.04. The molecule has 1 aromatic heterocycles. The molecule has 1 atom stereocenters. The lowest BCUT2D eigenvalue weighted by Gasteiger charge is -2.36. The lowest BCUT2D eigenvalue weighted by atomic mass is 9.95. The van der Waals surface area contributed by atoms with Gasteiger partial charge < -0.3 is 18.9 Å². The molecule has 0 spiro atoms. The fourth-order valence-electron chi connectivity index (χ4n) is 4.61. The number of benzene rings is 2. The van der Waals surface area contributed by atoms with Crippen LogP contribution in [-0.4, -0.2) is 47.8 Å². The summed E-state index contributed by atoms with van der Waals surface area (Å²) in [4.78, 5) is 19.6. The molecule has 35 heavy (non-hydrogen) atoms. The van der Waals surface area contributed by atoms with Crippen molar-refractivity contribution in [2.45, 2.75) is 57.4 Å². The SMILES string of the molecule is COc1ccc(CCC2CCCCN2C(=O)CCCc2nc(-c3ccc(Cl)cc3)no2)cc1OC. The smallest absolute Gasteiger partial charge is 0.226 e. The zero-order valence-electron chi connectivity index (χ0n) is 20.3. The first-order chi connectivity index (χ1) is 17.1. The lowest BCUT2D eigenvalue weighted by Crippen LogP contribution is -2.43. The zero-order valence-corrected chi connectivity index (χ0v) is 21.1. The first-order valence-corrected chi connectivity index (χ1v) is 12.5. The Morgan fingerprint density at radius 1 is 1.09 bits per heavy atom. The molecule has 3 aromatic rings. The van der Waals surface area contributed by atoms with E-state index in [0.717, 1.165) is 55.7 Å². The number of amides is 1. The number of aromatic nitrogens is 2. The molecule has 0 N–H and O–H groups in total. The Labute approximate surface area is 211 Å². The van der Waals surface area contributed by atoms with Gasteiger partial charge >= 0.3 is 0 Å². The summed E-state index contributed by atoms with van der Waals surface area (Å²) in [7, 11) is 3.29. The molecule has 1 aliphatic rings. The third kappa shape index (κ3) is 6.54. The molecule has 7 nitrogen and oxygen atoms in total. The number of carbonyl (C=O) groups excluding carboxylic acids is 1. The van der Waals surface area contributed by atoms with Crippen LogP contribution in [0.3, 0.4) is 0 Å². The third-order valence-corrected chi connectivity index (χ3v) is 6.77. The van der Waals surface area contributed by atoms with Crippen molar-refractivity contribution in [3.05, 3.63) is 58.9 Å². The van der Waals surface area contributed by atoms with Gasteiger partial charge in [-0.3, -0.25) is 4.79 Å². The molecule has 0 radical (unpaired) electrons. The second-order valence-electron chi connectivity index (χ2n) is 8.84. The van der Waals surface area contributed by atoms with E-state index in [4.69, 9.17) is 25.6 Å². The molecule has 8 heteroatoms. The maximum atomic E-state index is 13.1. The number of methoxy groups -OCH3 is 2. The molecule has 0 saturated carbocycles. The summed E-state index contributed by atoms with van der Waals surface area (Å²) in [6.45, 7) is 0.830. The van der Waals surface area contributed by atoms with Crippen molar-refractivity contribution in [1.29, 1.82) is 0 Å². The van der Waals surface area contributed by atoms with Gasteiger partial charge in [-0.25, -0.2) is 0 Å². The Balaban J connectivity index is 1.28. The summed E-state index contributed by atoms with van der Waals surface area (Å²) in [5, 5.41) is 4.71. The minimum absolute atomic E-state index is 0.208. The predicted molar refractivity (Wildman–Crippen MR) is 135 cm³/mol. The monoisotopic (exact) mass is 497 g/mol. The van der Waals surface area contributed by atoms with E-state index in [2.05, 4.69) is 21.1 Å². The summed E-state index contributed by atoms with van der Waals surface area (Å²) in [6, 6.07) is 13.6. The van der Waals surface area contributed by atoms with Crippen LogP contribution in [0.15, 0.2) is 47.0 Å². The van der Waals surface area contributed by atoms with E-state index in [1.807, 2.05) is 24.3 Å². The normalized spacial score (nSPS) is 15.7. The van der Waals surface area contributed by atoms with E-state index in [0.29, 0.717) is 36.0 Å². The van der Waals surface area contributed by atoms with Gasteiger partial charge in [0.25, 0.3) is 0 Å². The Morgan fingerprint density at radius 2 is 1.89 bits per heavy atom. The van der Waals surface area contributed by atoms with Crippen LogP contribution >= 0.6 is 11.6 Å². The van der Waals surface area contributed by atoms with E-state index in [1.54, 1.807) is 26.4 Å². The molecule has 1 unspecified atom stereocenters. The second kappa shape index (κ2) is 12.1. The van der Waals surface area contributed by atoms with E-state index in [9.17, 15) is 4.79 Å². The largest absolute Gasteiger partial charge is 0.493 e. The van der Waals surface area contributed by atoms with Crippen LogP contribution in [0.5, 0.6) is 11.5 Å². The van der Waals surface area contributed by atoms with Crippen molar-refractivity contribution >= 4 is 17.5 Å². The van der Waals surface area contributed by atoms with Crippen molar-refractivity contribution in [3.63, 3.8) is 0 Å². The van der Waals surface area contributed by atoms with Crippen LogP contribution in [0.2, 0.25) is 5.02 Å². The number of hydrogen-bond donors (Lipinski definition) is 0. The Kier molecular flexibility index (Phi) is 8.64. The summed E-state index contributed by atoms with van der Waals surface area (Å²) < 4.78 is 16.1.